The third-order valence-corrected chi connectivity index (χ3v) is 3.20. The largest absolute Gasteiger partial charge is 0.497 e. The minimum absolute atomic E-state index is 0.00425. The number of non-ortho nitro benzene ring substituents is 1. The van der Waals surface area contributed by atoms with E-state index in [1.165, 1.54) is 12.1 Å². The number of rotatable bonds is 4. The Labute approximate surface area is 125 Å². The van der Waals surface area contributed by atoms with E-state index < -0.39 is 4.92 Å². The molecule has 0 aliphatic rings. The Balaban J connectivity index is 2.09. The second-order valence-corrected chi connectivity index (χ2v) is 4.54. The molecular weight excluding hydrogens is 284 g/mol. The highest BCUT2D eigenvalue weighted by Crippen LogP contribution is 2.26. The number of nitro benzene ring substituents is 1. The molecule has 0 spiro atoms. The number of nitro groups is 1. The number of methoxy groups -OCH3 is 1. The van der Waals surface area contributed by atoms with Crippen LogP contribution in [0.2, 0.25) is 0 Å². The molecule has 0 unspecified atom stereocenters. The van der Waals surface area contributed by atoms with Crippen LogP contribution >= 0.6 is 0 Å². The lowest BCUT2D eigenvalue weighted by Crippen LogP contribution is -2.00. The molecule has 110 valence electrons. The first-order chi connectivity index (χ1) is 10.7. The van der Waals surface area contributed by atoms with Crippen LogP contribution < -0.4 is 4.74 Å². The van der Waals surface area contributed by atoms with Crippen molar-refractivity contribution in [1.82, 2.24) is 15.0 Å². The molecule has 3 rings (SSSR count). The second-order valence-electron chi connectivity index (χ2n) is 4.54. The van der Waals surface area contributed by atoms with E-state index in [4.69, 9.17) is 4.74 Å². The first-order valence-electron chi connectivity index (χ1n) is 6.49. The number of hydrogen-bond donors (Lipinski definition) is 0. The van der Waals surface area contributed by atoms with Crippen molar-refractivity contribution in [2.75, 3.05) is 7.11 Å². The maximum Gasteiger partial charge on any atom is 0.271 e. The first-order valence-corrected chi connectivity index (χ1v) is 6.49. The number of benzene rings is 2. The lowest BCUT2D eigenvalue weighted by Gasteiger charge is -2.07. The van der Waals surface area contributed by atoms with E-state index in [0.717, 1.165) is 11.3 Å². The van der Waals surface area contributed by atoms with Crippen LogP contribution in [0.15, 0.2) is 54.7 Å². The topological polar surface area (TPSA) is 83.1 Å². The Kier molecular flexibility index (Phi) is 3.53. The number of hydrogen-bond acceptors (Lipinski definition) is 5. The van der Waals surface area contributed by atoms with Crippen molar-refractivity contribution < 1.29 is 9.66 Å². The van der Waals surface area contributed by atoms with Crippen LogP contribution in [0, 0.1) is 10.1 Å². The fourth-order valence-electron chi connectivity index (χ4n) is 2.14. The zero-order valence-electron chi connectivity index (χ0n) is 11.7. The Morgan fingerprint density at radius 1 is 1.18 bits per heavy atom. The predicted molar refractivity (Wildman–Crippen MR) is 80.0 cm³/mol. The molecule has 2 aromatic carbocycles. The summed E-state index contributed by atoms with van der Waals surface area (Å²) in [6.45, 7) is 0. The molecule has 0 saturated carbocycles. The highest BCUT2D eigenvalue weighted by molar-refractivity contribution is 5.63. The molecule has 0 saturated heterocycles. The Hall–Kier alpha value is -3.22. The van der Waals surface area contributed by atoms with Gasteiger partial charge in [0.15, 0.2) is 0 Å². The van der Waals surface area contributed by atoms with E-state index in [1.807, 2.05) is 24.3 Å². The van der Waals surface area contributed by atoms with Crippen molar-refractivity contribution in [1.29, 1.82) is 0 Å². The van der Waals surface area contributed by atoms with Gasteiger partial charge in [-0.05, 0) is 18.2 Å². The molecule has 1 heterocycles. The normalized spacial score (nSPS) is 10.4. The van der Waals surface area contributed by atoms with Gasteiger partial charge in [0.1, 0.15) is 5.75 Å². The molecule has 0 aliphatic heterocycles. The zero-order chi connectivity index (χ0) is 15.5. The fourth-order valence-corrected chi connectivity index (χ4v) is 2.14. The molecule has 0 fully saturated rings. The van der Waals surface area contributed by atoms with Crippen LogP contribution in [-0.2, 0) is 0 Å². The summed E-state index contributed by atoms with van der Waals surface area (Å²) in [4.78, 5) is 10.5. The molecule has 0 amide bonds. The van der Waals surface area contributed by atoms with Gasteiger partial charge in [-0.3, -0.25) is 10.1 Å². The molecule has 3 aromatic rings. The van der Waals surface area contributed by atoms with Crippen molar-refractivity contribution in [3.8, 4) is 22.7 Å². The quantitative estimate of drug-likeness (QED) is 0.546. The smallest absolute Gasteiger partial charge is 0.271 e. The van der Waals surface area contributed by atoms with E-state index in [9.17, 15) is 10.1 Å². The summed E-state index contributed by atoms with van der Waals surface area (Å²) >= 11 is 0. The van der Waals surface area contributed by atoms with Gasteiger partial charge in [-0.25, -0.2) is 4.68 Å². The van der Waals surface area contributed by atoms with Crippen LogP contribution in [0.25, 0.3) is 16.9 Å². The van der Waals surface area contributed by atoms with E-state index in [1.54, 1.807) is 30.1 Å². The van der Waals surface area contributed by atoms with Crippen molar-refractivity contribution in [2.45, 2.75) is 0 Å². The second kappa shape index (κ2) is 5.65. The van der Waals surface area contributed by atoms with Crippen LogP contribution in [0.3, 0.4) is 0 Å². The summed E-state index contributed by atoms with van der Waals surface area (Å²) in [5.74, 6) is 0.712. The number of aromatic nitrogens is 3. The predicted octanol–water partition coefficient (Wildman–Crippen LogP) is 2.85. The van der Waals surface area contributed by atoms with Gasteiger partial charge in [0, 0.05) is 17.7 Å². The van der Waals surface area contributed by atoms with Gasteiger partial charge < -0.3 is 4.74 Å². The maximum atomic E-state index is 10.9. The Bertz CT molecular complexity index is 829. The minimum Gasteiger partial charge on any atom is -0.497 e. The van der Waals surface area contributed by atoms with Gasteiger partial charge in [0.25, 0.3) is 5.69 Å². The van der Waals surface area contributed by atoms with Gasteiger partial charge in [-0.2, -0.15) is 0 Å². The minimum atomic E-state index is -0.439. The van der Waals surface area contributed by atoms with Gasteiger partial charge in [0.05, 0.1) is 29.6 Å². The summed E-state index contributed by atoms with van der Waals surface area (Å²) in [7, 11) is 1.59. The third kappa shape index (κ3) is 2.51. The van der Waals surface area contributed by atoms with Gasteiger partial charge >= 0.3 is 0 Å². The molecule has 0 atom stereocenters. The lowest BCUT2D eigenvalue weighted by molar-refractivity contribution is -0.384. The molecule has 0 bridgehead atoms. The van der Waals surface area contributed by atoms with Gasteiger partial charge in [-0.1, -0.05) is 23.4 Å². The van der Waals surface area contributed by atoms with Crippen molar-refractivity contribution in [2.24, 2.45) is 0 Å². The summed E-state index contributed by atoms with van der Waals surface area (Å²) < 4.78 is 6.77. The molecule has 0 radical (unpaired) electrons. The Morgan fingerprint density at radius 2 is 2.00 bits per heavy atom. The standard InChI is InChI=1S/C15H12N4O3/c1-22-14-7-2-4-11(8-14)15-10-16-17-18(15)12-5-3-6-13(9-12)19(20)21/h2-10H,1H3. The van der Waals surface area contributed by atoms with E-state index in [2.05, 4.69) is 10.3 Å². The first kappa shape index (κ1) is 13.7. The summed E-state index contributed by atoms with van der Waals surface area (Å²) in [5.41, 5.74) is 2.16. The van der Waals surface area contributed by atoms with Crippen LogP contribution in [0.1, 0.15) is 0 Å². The highest BCUT2D eigenvalue weighted by atomic mass is 16.6. The monoisotopic (exact) mass is 296 g/mol. The summed E-state index contributed by atoms with van der Waals surface area (Å²) in [5, 5.41) is 18.8. The average Bonchev–Trinajstić information content (AvgIpc) is 3.04. The van der Waals surface area contributed by atoms with Crippen molar-refractivity contribution >= 4 is 5.69 Å². The Morgan fingerprint density at radius 3 is 2.77 bits per heavy atom. The third-order valence-electron chi connectivity index (χ3n) is 3.20. The summed E-state index contributed by atoms with van der Waals surface area (Å²) in [6.07, 6.45) is 1.60. The lowest BCUT2D eigenvalue weighted by atomic mass is 10.1. The average molecular weight is 296 g/mol. The van der Waals surface area contributed by atoms with Crippen molar-refractivity contribution in [3.63, 3.8) is 0 Å². The summed E-state index contributed by atoms with van der Waals surface area (Å²) in [6, 6.07) is 13.7. The van der Waals surface area contributed by atoms with Crippen LogP contribution in [-0.4, -0.2) is 27.0 Å². The molecule has 7 nitrogen and oxygen atoms in total. The number of nitrogens with zero attached hydrogens (tertiary/aromatic N) is 4. The van der Waals surface area contributed by atoms with Crippen LogP contribution in [0.4, 0.5) is 5.69 Å². The molecule has 0 aliphatic carbocycles. The molecular formula is C15H12N4O3. The van der Waals surface area contributed by atoms with Crippen LogP contribution in [0.5, 0.6) is 5.75 Å². The highest BCUT2D eigenvalue weighted by Gasteiger charge is 2.12. The fraction of sp³-hybridized carbons (Fsp3) is 0.0667. The van der Waals surface area contributed by atoms with Gasteiger partial charge in [0.2, 0.25) is 0 Å². The van der Waals surface area contributed by atoms with E-state index >= 15 is 0 Å². The van der Waals surface area contributed by atoms with Crippen molar-refractivity contribution in [3.05, 3.63) is 64.8 Å². The maximum absolute atomic E-state index is 10.9. The molecule has 22 heavy (non-hydrogen) atoms. The van der Waals surface area contributed by atoms with E-state index in [-0.39, 0.29) is 5.69 Å². The molecule has 1 aromatic heterocycles. The van der Waals surface area contributed by atoms with E-state index in [0.29, 0.717) is 11.4 Å². The zero-order valence-corrected chi connectivity index (χ0v) is 11.7. The molecule has 7 heteroatoms. The SMILES string of the molecule is COc1cccc(-c2cnnn2-c2cccc([N+](=O)[O-])c2)c1. The number of ether oxygens (including phenoxy) is 1. The van der Waals surface area contributed by atoms with Gasteiger partial charge in [-0.15, -0.1) is 5.10 Å². The molecule has 0 N–H and O–H groups in total.